The van der Waals surface area contributed by atoms with Crippen molar-refractivity contribution in [3.05, 3.63) is 45.5 Å². The summed E-state index contributed by atoms with van der Waals surface area (Å²) in [5.41, 5.74) is 0.360. The first kappa shape index (κ1) is 9.32. The van der Waals surface area contributed by atoms with E-state index in [4.69, 9.17) is 5.21 Å². The fourth-order valence-corrected chi connectivity index (χ4v) is 1.64. The number of oxime groups is 1. The summed E-state index contributed by atoms with van der Waals surface area (Å²) in [6.07, 6.45) is 0. The Morgan fingerprint density at radius 2 is 1.93 bits per heavy atom. The average Bonchev–Trinajstić information content (AvgIpc) is 2.52. The first-order valence-corrected chi connectivity index (χ1v) is 4.16. The minimum Gasteiger partial charge on any atom is -0.410 e. The Bertz CT molecular complexity index is 481. The molecule has 0 radical (unpaired) electrons. The highest BCUT2D eigenvalue weighted by molar-refractivity contribution is 6.30. The molecule has 6 heteroatoms. The summed E-state index contributed by atoms with van der Waals surface area (Å²) in [6.45, 7) is 0. The van der Waals surface area contributed by atoms with Gasteiger partial charge in [-0.2, -0.15) is 0 Å². The molecule has 1 aliphatic carbocycles. The average molecular weight is 206 g/mol. The molecule has 0 saturated carbocycles. The summed E-state index contributed by atoms with van der Waals surface area (Å²) in [4.78, 5) is 21.5. The van der Waals surface area contributed by atoms with Crippen LogP contribution in [-0.2, 0) is 0 Å². The number of ketones is 1. The molecule has 0 spiro atoms. The molecule has 0 amide bonds. The highest BCUT2D eigenvalue weighted by Crippen LogP contribution is 2.24. The van der Waals surface area contributed by atoms with Gasteiger partial charge in [0, 0.05) is 16.1 Å². The summed E-state index contributed by atoms with van der Waals surface area (Å²) >= 11 is 0. The second-order valence-corrected chi connectivity index (χ2v) is 3.08. The molecule has 15 heavy (non-hydrogen) atoms. The smallest absolute Gasteiger partial charge is 0.320 e. The van der Waals surface area contributed by atoms with E-state index in [0.717, 1.165) is 0 Å². The maximum atomic E-state index is 11.6. The zero-order valence-corrected chi connectivity index (χ0v) is 7.45. The molecule has 1 N–H and O–H groups in total. The van der Waals surface area contributed by atoms with Crippen LogP contribution in [0.5, 0.6) is 0 Å². The van der Waals surface area contributed by atoms with Gasteiger partial charge >= 0.3 is 6.04 Å². The summed E-state index contributed by atoms with van der Waals surface area (Å²) in [5, 5.41) is 22.2. The Labute approximate surface area is 84.0 Å². The van der Waals surface area contributed by atoms with Gasteiger partial charge in [-0.05, 0) is 0 Å². The lowest BCUT2D eigenvalue weighted by Crippen LogP contribution is -2.31. The molecule has 2 rings (SSSR count). The molecule has 76 valence electrons. The third-order valence-corrected chi connectivity index (χ3v) is 2.29. The normalized spacial score (nSPS) is 21.7. The summed E-state index contributed by atoms with van der Waals surface area (Å²) in [7, 11) is 0. The Morgan fingerprint density at radius 3 is 2.47 bits per heavy atom. The van der Waals surface area contributed by atoms with Gasteiger partial charge in [-0.1, -0.05) is 29.4 Å². The van der Waals surface area contributed by atoms with Crippen LogP contribution in [0.15, 0.2) is 29.4 Å². The second kappa shape index (κ2) is 3.16. The standard InChI is InChI=1S/C9H6N2O4/c12-9-6-4-2-1-3-5(6)7(10-13)8(9)11(14)15/h1-4,8,13H/b10-7+. The zero-order chi connectivity index (χ0) is 11.0. The van der Waals surface area contributed by atoms with Crippen LogP contribution >= 0.6 is 0 Å². The lowest BCUT2D eigenvalue weighted by molar-refractivity contribution is -0.486. The van der Waals surface area contributed by atoms with E-state index in [0.29, 0.717) is 5.56 Å². The number of rotatable bonds is 1. The van der Waals surface area contributed by atoms with Crippen molar-refractivity contribution in [2.45, 2.75) is 6.04 Å². The SMILES string of the molecule is O=C1c2ccccc2/C(=N\O)C1[N+](=O)[O-]. The van der Waals surface area contributed by atoms with Crippen molar-refractivity contribution in [1.82, 2.24) is 0 Å². The van der Waals surface area contributed by atoms with E-state index in [2.05, 4.69) is 5.16 Å². The molecule has 0 aliphatic heterocycles. The first-order chi connectivity index (χ1) is 7.16. The number of fused-ring (bicyclic) bond motifs is 1. The number of hydrogen-bond donors (Lipinski definition) is 1. The predicted octanol–water partition coefficient (Wildman–Crippen LogP) is 0.706. The van der Waals surface area contributed by atoms with Crippen LogP contribution in [0.4, 0.5) is 0 Å². The predicted molar refractivity (Wildman–Crippen MR) is 49.9 cm³/mol. The van der Waals surface area contributed by atoms with Crippen LogP contribution in [0, 0.1) is 10.1 Å². The third-order valence-electron chi connectivity index (χ3n) is 2.29. The fraction of sp³-hybridized carbons (Fsp3) is 0.111. The monoisotopic (exact) mass is 206 g/mol. The van der Waals surface area contributed by atoms with Crippen LogP contribution < -0.4 is 0 Å². The van der Waals surface area contributed by atoms with Gasteiger partial charge < -0.3 is 5.21 Å². The molecule has 0 aromatic heterocycles. The van der Waals surface area contributed by atoms with Gasteiger partial charge in [-0.15, -0.1) is 0 Å². The fourth-order valence-electron chi connectivity index (χ4n) is 1.64. The van der Waals surface area contributed by atoms with Crippen LogP contribution in [0.1, 0.15) is 15.9 Å². The summed E-state index contributed by atoms with van der Waals surface area (Å²) < 4.78 is 0. The second-order valence-electron chi connectivity index (χ2n) is 3.08. The molecule has 0 fully saturated rings. The molecular weight excluding hydrogens is 200 g/mol. The van der Waals surface area contributed by atoms with Gasteiger partial charge in [-0.25, -0.2) is 0 Å². The van der Waals surface area contributed by atoms with Gasteiger partial charge in [0.05, 0.1) is 0 Å². The minimum absolute atomic E-state index is 0.194. The van der Waals surface area contributed by atoms with E-state index >= 15 is 0 Å². The van der Waals surface area contributed by atoms with Crippen LogP contribution in [0.2, 0.25) is 0 Å². The largest absolute Gasteiger partial charge is 0.410 e. The van der Waals surface area contributed by atoms with E-state index in [-0.39, 0.29) is 11.3 Å². The van der Waals surface area contributed by atoms with Gasteiger partial charge in [-0.3, -0.25) is 14.9 Å². The van der Waals surface area contributed by atoms with Crippen molar-refractivity contribution < 1.29 is 14.9 Å². The quantitative estimate of drug-likeness (QED) is 0.416. The number of nitrogens with zero attached hydrogens (tertiary/aromatic N) is 2. The van der Waals surface area contributed by atoms with Gasteiger partial charge in [0.1, 0.15) is 0 Å². The summed E-state index contributed by atoms with van der Waals surface area (Å²) in [5.74, 6) is -0.636. The lowest BCUT2D eigenvalue weighted by Gasteiger charge is -1.98. The van der Waals surface area contributed by atoms with E-state index < -0.39 is 16.7 Å². The van der Waals surface area contributed by atoms with E-state index in [1.54, 1.807) is 12.1 Å². The maximum Gasteiger partial charge on any atom is 0.320 e. The zero-order valence-electron chi connectivity index (χ0n) is 7.45. The van der Waals surface area contributed by atoms with Crippen molar-refractivity contribution >= 4 is 11.5 Å². The van der Waals surface area contributed by atoms with E-state index in [1.807, 2.05) is 0 Å². The highest BCUT2D eigenvalue weighted by atomic mass is 16.6. The van der Waals surface area contributed by atoms with Crippen LogP contribution in [-0.4, -0.2) is 27.7 Å². The van der Waals surface area contributed by atoms with Gasteiger partial charge in [0.15, 0.2) is 5.71 Å². The highest BCUT2D eigenvalue weighted by Gasteiger charge is 2.45. The van der Waals surface area contributed by atoms with Crippen molar-refractivity contribution in [3.63, 3.8) is 0 Å². The molecule has 6 nitrogen and oxygen atoms in total. The number of carbonyl (C=O) groups excluding carboxylic acids is 1. The Kier molecular flexibility index (Phi) is 1.96. The Hall–Kier alpha value is -2.24. The minimum atomic E-state index is -1.58. The van der Waals surface area contributed by atoms with Crippen molar-refractivity contribution in [1.29, 1.82) is 0 Å². The molecule has 1 aromatic carbocycles. The van der Waals surface area contributed by atoms with Gasteiger partial charge in [0.2, 0.25) is 5.78 Å². The Balaban J connectivity index is 2.64. The topological polar surface area (TPSA) is 92.8 Å². The number of hydrogen-bond acceptors (Lipinski definition) is 5. The van der Waals surface area contributed by atoms with Crippen LogP contribution in [0.25, 0.3) is 0 Å². The number of benzene rings is 1. The van der Waals surface area contributed by atoms with Crippen molar-refractivity contribution in [3.8, 4) is 0 Å². The molecule has 1 unspecified atom stereocenters. The van der Waals surface area contributed by atoms with Crippen molar-refractivity contribution in [2.24, 2.45) is 5.16 Å². The molecule has 1 aromatic rings. The van der Waals surface area contributed by atoms with E-state index in [1.165, 1.54) is 12.1 Å². The number of carbonyl (C=O) groups is 1. The number of Topliss-reactive ketones (excluding diaryl/α,β-unsaturated/α-hetero) is 1. The molecule has 1 aliphatic rings. The van der Waals surface area contributed by atoms with E-state index in [9.17, 15) is 14.9 Å². The molecule has 0 saturated heterocycles. The van der Waals surface area contributed by atoms with Gasteiger partial charge in [0.25, 0.3) is 0 Å². The van der Waals surface area contributed by atoms with Crippen LogP contribution in [0.3, 0.4) is 0 Å². The molecule has 1 atom stereocenters. The maximum absolute atomic E-state index is 11.6. The summed E-state index contributed by atoms with van der Waals surface area (Å²) in [6, 6.07) is 4.65. The third kappa shape index (κ3) is 1.18. The lowest BCUT2D eigenvalue weighted by atomic mass is 10.1. The first-order valence-electron chi connectivity index (χ1n) is 4.16. The Morgan fingerprint density at radius 1 is 1.33 bits per heavy atom. The molecule has 0 bridgehead atoms. The molecular formula is C9H6N2O4. The molecule has 0 heterocycles. The van der Waals surface area contributed by atoms with Crippen molar-refractivity contribution in [2.75, 3.05) is 0 Å². The number of nitro groups is 1.